The first-order chi connectivity index (χ1) is 11.0. The first-order valence-corrected chi connectivity index (χ1v) is 8.11. The van der Waals surface area contributed by atoms with E-state index in [0.29, 0.717) is 16.9 Å². The monoisotopic (exact) mass is 361 g/mol. The number of pyridine rings is 1. The van der Waals surface area contributed by atoms with Gasteiger partial charge in [0.15, 0.2) is 9.54 Å². The zero-order valence-electron chi connectivity index (χ0n) is 11.2. The van der Waals surface area contributed by atoms with Gasteiger partial charge in [0.2, 0.25) is 0 Å². The molecule has 0 aliphatic heterocycles. The van der Waals surface area contributed by atoms with Crippen molar-refractivity contribution in [2.24, 2.45) is 0 Å². The number of H-pyrrole nitrogens is 4. The SMILES string of the molecule is O=c1[nH]c(=S)[nH]c2nc3[nH]c(=S)[nH]c(=O)c3c(-c3cccs3)c12. The summed E-state index contributed by atoms with van der Waals surface area (Å²) in [5.74, 6) is 0. The summed E-state index contributed by atoms with van der Waals surface area (Å²) in [7, 11) is 0. The van der Waals surface area contributed by atoms with Crippen LogP contribution in [-0.2, 0) is 0 Å². The van der Waals surface area contributed by atoms with Crippen molar-refractivity contribution in [1.82, 2.24) is 24.9 Å². The summed E-state index contributed by atoms with van der Waals surface area (Å²) in [6, 6.07) is 3.68. The third kappa shape index (κ3) is 2.19. The maximum absolute atomic E-state index is 12.4. The van der Waals surface area contributed by atoms with Gasteiger partial charge in [-0.25, -0.2) is 4.98 Å². The number of fused-ring (bicyclic) bond motifs is 2. The molecule has 7 nitrogen and oxygen atoms in total. The minimum atomic E-state index is -0.400. The lowest BCUT2D eigenvalue weighted by Crippen LogP contribution is -2.15. The molecular formula is C13H7N5O2S3. The molecule has 4 N–H and O–H groups in total. The van der Waals surface area contributed by atoms with Crippen LogP contribution in [-0.4, -0.2) is 24.9 Å². The summed E-state index contributed by atoms with van der Waals surface area (Å²) in [5, 5.41) is 2.43. The standard InChI is InChI=1S/C13H7N5O2S3/c19-10-6-5(4-2-1-3-23-4)7-9(16-13(22)18-11(7)20)14-8(6)15-12(21)17-10/h1-3H,(H4,14,15,16,17,18,19,20,21,22). The second-order valence-corrected chi connectivity index (χ2v) is 6.49. The van der Waals surface area contributed by atoms with Gasteiger partial charge in [0.25, 0.3) is 11.1 Å². The highest BCUT2D eigenvalue weighted by atomic mass is 32.1. The smallest absolute Gasteiger partial charge is 0.261 e. The third-order valence-corrected chi connectivity index (χ3v) is 4.63. The zero-order valence-corrected chi connectivity index (χ0v) is 13.7. The molecule has 4 rings (SSSR count). The van der Waals surface area contributed by atoms with Crippen LogP contribution in [0.25, 0.3) is 32.5 Å². The number of nitrogens with one attached hydrogen (secondary N) is 4. The highest BCUT2D eigenvalue weighted by molar-refractivity contribution is 7.71. The minimum absolute atomic E-state index is 0.162. The number of aromatic nitrogens is 5. The van der Waals surface area contributed by atoms with Crippen LogP contribution in [0.4, 0.5) is 0 Å². The summed E-state index contributed by atoms with van der Waals surface area (Å²) in [6.45, 7) is 0. The molecule has 10 heteroatoms. The lowest BCUT2D eigenvalue weighted by Gasteiger charge is -2.07. The van der Waals surface area contributed by atoms with Crippen LogP contribution in [0.15, 0.2) is 27.1 Å². The van der Waals surface area contributed by atoms with Crippen LogP contribution in [0.1, 0.15) is 0 Å². The zero-order chi connectivity index (χ0) is 16.1. The van der Waals surface area contributed by atoms with Crippen LogP contribution in [0, 0.1) is 9.54 Å². The van der Waals surface area contributed by atoms with Crippen molar-refractivity contribution >= 4 is 57.8 Å². The van der Waals surface area contributed by atoms with Gasteiger partial charge in [-0.05, 0) is 35.9 Å². The van der Waals surface area contributed by atoms with Gasteiger partial charge in [0.1, 0.15) is 11.3 Å². The van der Waals surface area contributed by atoms with Crippen molar-refractivity contribution in [3.63, 3.8) is 0 Å². The molecule has 0 unspecified atom stereocenters. The summed E-state index contributed by atoms with van der Waals surface area (Å²) in [5.41, 5.74) is 0.295. The first kappa shape index (κ1) is 14.2. The van der Waals surface area contributed by atoms with Crippen LogP contribution in [0.2, 0.25) is 0 Å². The number of aromatic amines is 4. The summed E-state index contributed by atoms with van der Waals surface area (Å²) in [6.07, 6.45) is 0. The number of hydrogen-bond donors (Lipinski definition) is 4. The maximum Gasteiger partial charge on any atom is 0.261 e. The molecule has 0 aliphatic carbocycles. The summed E-state index contributed by atoms with van der Waals surface area (Å²) < 4.78 is 0.324. The van der Waals surface area contributed by atoms with E-state index in [1.165, 1.54) is 11.3 Å². The van der Waals surface area contributed by atoms with Crippen molar-refractivity contribution in [1.29, 1.82) is 0 Å². The Morgan fingerprint density at radius 1 is 0.913 bits per heavy atom. The Morgan fingerprint density at radius 2 is 1.48 bits per heavy atom. The topological polar surface area (TPSA) is 110 Å². The molecule has 0 spiro atoms. The van der Waals surface area contributed by atoms with Gasteiger partial charge in [-0.15, -0.1) is 11.3 Å². The average molecular weight is 361 g/mol. The maximum atomic E-state index is 12.4. The quantitative estimate of drug-likeness (QED) is 0.308. The fraction of sp³-hybridized carbons (Fsp3) is 0. The van der Waals surface area contributed by atoms with Crippen molar-refractivity contribution in [3.05, 3.63) is 47.8 Å². The molecule has 114 valence electrons. The molecule has 4 aromatic rings. The molecule has 0 saturated heterocycles. The third-order valence-electron chi connectivity index (χ3n) is 3.34. The van der Waals surface area contributed by atoms with Crippen LogP contribution >= 0.6 is 35.8 Å². The molecule has 4 heterocycles. The number of rotatable bonds is 1. The Morgan fingerprint density at radius 3 is 1.96 bits per heavy atom. The predicted molar refractivity (Wildman–Crippen MR) is 94.2 cm³/mol. The van der Waals surface area contributed by atoms with Crippen molar-refractivity contribution < 1.29 is 0 Å². The normalized spacial score (nSPS) is 11.3. The lowest BCUT2D eigenvalue weighted by molar-refractivity contribution is 1.09. The van der Waals surface area contributed by atoms with Gasteiger partial charge in [0, 0.05) is 10.4 Å². The molecule has 23 heavy (non-hydrogen) atoms. The fourth-order valence-corrected chi connectivity index (χ4v) is 3.65. The van der Waals surface area contributed by atoms with Crippen LogP contribution < -0.4 is 11.1 Å². The van der Waals surface area contributed by atoms with E-state index in [1.807, 2.05) is 17.5 Å². The number of hydrogen-bond acceptors (Lipinski definition) is 6. The van der Waals surface area contributed by atoms with Crippen LogP contribution in [0.5, 0.6) is 0 Å². The van der Waals surface area contributed by atoms with Gasteiger partial charge in [-0.3, -0.25) is 19.6 Å². The fourth-order valence-electron chi connectivity index (χ4n) is 2.48. The van der Waals surface area contributed by atoms with E-state index in [-0.39, 0.29) is 20.3 Å². The second-order valence-electron chi connectivity index (χ2n) is 4.73. The molecular weight excluding hydrogens is 354 g/mol. The van der Waals surface area contributed by atoms with Gasteiger partial charge in [-0.2, -0.15) is 0 Å². The van der Waals surface area contributed by atoms with E-state index in [2.05, 4.69) is 24.9 Å². The molecule has 0 amide bonds. The highest BCUT2D eigenvalue weighted by Crippen LogP contribution is 2.32. The van der Waals surface area contributed by atoms with E-state index in [4.69, 9.17) is 24.4 Å². The van der Waals surface area contributed by atoms with Gasteiger partial charge in [0.05, 0.1) is 10.8 Å². The van der Waals surface area contributed by atoms with E-state index >= 15 is 0 Å². The summed E-state index contributed by atoms with van der Waals surface area (Å²) in [4.78, 5) is 40.7. The van der Waals surface area contributed by atoms with Crippen LogP contribution in [0.3, 0.4) is 0 Å². The molecule has 0 radical (unpaired) electrons. The molecule has 0 aliphatic rings. The van der Waals surface area contributed by atoms with Crippen molar-refractivity contribution in [2.75, 3.05) is 0 Å². The van der Waals surface area contributed by atoms with E-state index < -0.39 is 11.1 Å². The van der Waals surface area contributed by atoms with Crippen molar-refractivity contribution in [3.8, 4) is 10.4 Å². The van der Waals surface area contributed by atoms with Gasteiger partial charge < -0.3 is 9.97 Å². The summed E-state index contributed by atoms with van der Waals surface area (Å²) >= 11 is 11.4. The van der Waals surface area contributed by atoms with Gasteiger partial charge in [-0.1, -0.05) is 6.07 Å². The second kappa shape index (κ2) is 5.05. The molecule has 0 fully saturated rings. The Bertz CT molecular complexity index is 1210. The molecule has 0 aromatic carbocycles. The average Bonchev–Trinajstić information content (AvgIpc) is 2.98. The Kier molecular flexibility index (Phi) is 3.11. The molecule has 0 bridgehead atoms. The lowest BCUT2D eigenvalue weighted by atomic mass is 10.1. The first-order valence-electron chi connectivity index (χ1n) is 6.41. The largest absolute Gasteiger partial charge is 0.316 e. The molecule has 0 atom stereocenters. The highest BCUT2D eigenvalue weighted by Gasteiger charge is 2.18. The Labute approximate surface area is 141 Å². The van der Waals surface area contributed by atoms with Crippen molar-refractivity contribution in [2.45, 2.75) is 0 Å². The van der Waals surface area contributed by atoms with E-state index in [9.17, 15) is 9.59 Å². The Balaban J connectivity index is 2.42. The molecule has 0 saturated carbocycles. The predicted octanol–water partition coefficient (Wildman–Crippen LogP) is 2.61. The van der Waals surface area contributed by atoms with Gasteiger partial charge >= 0.3 is 0 Å². The number of nitrogens with zero attached hydrogens (tertiary/aromatic N) is 1. The Hall–Kier alpha value is -2.43. The number of thiophene rings is 1. The van der Waals surface area contributed by atoms with E-state index in [0.717, 1.165) is 4.88 Å². The van der Waals surface area contributed by atoms with E-state index in [1.54, 1.807) is 0 Å². The minimum Gasteiger partial charge on any atom is -0.316 e. The molecule has 4 aromatic heterocycles.